The maximum atomic E-state index is 12.5. The Morgan fingerprint density at radius 1 is 1.03 bits per heavy atom. The zero-order valence-electron chi connectivity index (χ0n) is 21.3. The summed E-state index contributed by atoms with van der Waals surface area (Å²) in [6.07, 6.45) is 7.48. The lowest BCUT2D eigenvalue weighted by molar-refractivity contribution is -0.0404. The molecule has 196 valence electrons. The van der Waals surface area contributed by atoms with Gasteiger partial charge in [0.1, 0.15) is 34.5 Å². The Bertz CT molecular complexity index is 1510. The minimum atomic E-state index is -0.586. The van der Waals surface area contributed by atoms with Crippen LogP contribution >= 0.6 is 0 Å². The fourth-order valence-electron chi connectivity index (χ4n) is 4.05. The number of amides is 1. The zero-order valence-corrected chi connectivity index (χ0v) is 21.3. The maximum absolute atomic E-state index is 12.5. The van der Waals surface area contributed by atoms with Crippen molar-refractivity contribution >= 4 is 23.4 Å². The van der Waals surface area contributed by atoms with E-state index in [1.54, 1.807) is 44.4 Å². The van der Waals surface area contributed by atoms with Crippen molar-refractivity contribution in [3.05, 3.63) is 76.4 Å². The van der Waals surface area contributed by atoms with E-state index in [0.717, 1.165) is 31.6 Å². The molecular formula is C26H28N8O4. The molecule has 0 aromatic carbocycles. The van der Waals surface area contributed by atoms with E-state index in [9.17, 15) is 9.59 Å². The third kappa shape index (κ3) is 5.54. The van der Waals surface area contributed by atoms with E-state index in [-0.39, 0.29) is 17.6 Å². The minimum absolute atomic E-state index is 0.0406. The van der Waals surface area contributed by atoms with Gasteiger partial charge in [-0.25, -0.2) is 19.6 Å². The Hall–Kier alpha value is -4.58. The summed E-state index contributed by atoms with van der Waals surface area (Å²) < 4.78 is 15.0. The number of aryl methyl sites for hydroxylation is 2. The predicted molar refractivity (Wildman–Crippen MR) is 140 cm³/mol. The molecule has 12 nitrogen and oxygen atoms in total. The molecule has 0 saturated carbocycles. The van der Waals surface area contributed by atoms with Gasteiger partial charge in [-0.2, -0.15) is 5.10 Å². The lowest BCUT2D eigenvalue weighted by Crippen LogP contribution is -2.29. The number of pyridine rings is 2. The molecule has 0 aliphatic carbocycles. The molecule has 1 amide bonds. The number of nitrogens with zero attached hydrogens (tertiary/aromatic N) is 6. The van der Waals surface area contributed by atoms with Crippen molar-refractivity contribution in [3.8, 4) is 11.5 Å². The third-order valence-electron chi connectivity index (χ3n) is 6.20. The lowest BCUT2D eigenvalue weighted by Gasteiger charge is -2.23. The van der Waals surface area contributed by atoms with Crippen LogP contribution in [-0.4, -0.2) is 41.8 Å². The van der Waals surface area contributed by atoms with Gasteiger partial charge in [-0.1, -0.05) is 0 Å². The summed E-state index contributed by atoms with van der Waals surface area (Å²) in [5.41, 5.74) is 0.508. The van der Waals surface area contributed by atoms with Crippen LogP contribution in [0.1, 0.15) is 47.4 Å². The molecule has 5 rings (SSSR count). The highest BCUT2D eigenvalue weighted by atomic mass is 16.5. The molecule has 1 atom stereocenters. The van der Waals surface area contributed by atoms with E-state index in [1.165, 1.54) is 17.0 Å². The average molecular weight is 517 g/mol. The molecule has 2 N–H and O–H groups in total. The van der Waals surface area contributed by atoms with Crippen LogP contribution in [0.25, 0.3) is 0 Å². The highest BCUT2D eigenvalue weighted by Crippen LogP contribution is 2.27. The SMILES string of the molecule is Cc1cc(Nc2cc(Oc3ccc(NC(=O)c4cnc(C)n(C)c4=O)nc3)ccn2)nn1C1CCCCO1. The molecule has 38 heavy (non-hydrogen) atoms. The monoisotopic (exact) mass is 516 g/mol. The van der Waals surface area contributed by atoms with Gasteiger partial charge in [0.15, 0.2) is 12.0 Å². The van der Waals surface area contributed by atoms with E-state index in [0.29, 0.717) is 29.0 Å². The number of carbonyl (C=O) groups is 1. The molecule has 1 aliphatic rings. The minimum Gasteiger partial charge on any atom is -0.456 e. The van der Waals surface area contributed by atoms with Crippen LogP contribution in [0.3, 0.4) is 0 Å². The van der Waals surface area contributed by atoms with Gasteiger partial charge in [0.25, 0.3) is 11.5 Å². The number of hydrogen-bond donors (Lipinski definition) is 2. The molecule has 1 saturated heterocycles. The molecule has 0 spiro atoms. The molecule has 4 aromatic rings. The highest BCUT2D eigenvalue weighted by molar-refractivity contribution is 6.03. The van der Waals surface area contributed by atoms with Crippen LogP contribution in [0.2, 0.25) is 0 Å². The summed E-state index contributed by atoms with van der Waals surface area (Å²) in [5, 5.41) is 10.5. The van der Waals surface area contributed by atoms with E-state index in [2.05, 4.69) is 30.7 Å². The summed E-state index contributed by atoms with van der Waals surface area (Å²) in [4.78, 5) is 37.5. The van der Waals surface area contributed by atoms with Crippen molar-refractivity contribution in [2.75, 3.05) is 17.2 Å². The second-order valence-electron chi connectivity index (χ2n) is 8.96. The Balaban J connectivity index is 1.22. The van der Waals surface area contributed by atoms with Crippen molar-refractivity contribution in [3.63, 3.8) is 0 Å². The molecule has 0 bridgehead atoms. The molecule has 1 unspecified atom stereocenters. The molecule has 4 aromatic heterocycles. The first-order valence-corrected chi connectivity index (χ1v) is 12.3. The van der Waals surface area contributed by atoms with Crippen molar-refractivity contribution in [1.82, 2.24) is 29.3 Å². The fourth-order valence-corrected chi connectivity index (χ4v) is 4.05. The Kier molecular flexibility index (Phi) is 7.13. The van der Waals surface area contributed by atoms with E-state index in [1.807, 2.05) is 17.7 Å². The van der Waals surface area contributed by atoms with Crippen molar-refractivity contribution in [2.45, 2.75) is 39.3 Å². The largest absolute Gasteiger partial charge is 0.456 e. The molecule has 1 fully saturated rings. The Morgan fingerprint density at radius 2 is 1.89 bits per heavy atom. The van der Waals surface area contributed by atoms with Crippen LogP contribution in [0.5, 0.6) is 11.5 Å². The number of rotatable bonds is 7. The summed E-state index contributed by atoms with van der Waals surface area (Å²) >= 11 is 0. The summed E-state index contributed by atoms with van der Waals surface area (Å²) in [7, 11) is 1.56. The normalized spacial score (nSPS) is 15.2. The number of ether oxygens (including phenoxy) is 2. The standard InChI is InChI=1S/C26H28N8O4/c1-16-12-23(32-34(16)24-6-4-5-11-37-24)30-22-13-18(9-10-27-22)38-19-7-8-21(29-14-19)31-25(35)20-15-28-17(2)33(3)26(20)36/h7-10,12-15,24H,4-6,11H2,1-3H3,(H,27,30,32)(H,29,31,35). The average Bonchev–Trinajstić information content (AvgIpc) is 3.28. The summed E-state index contributed by atoms with van der Waals surface area (Å²) in [5.74, 6) is 2.44. The second kappa shape index (κ2) is 10.8. The molecule has 12 heteroatoms. The van der Waals surface area contributed by atoms with Crippen LogP contribution in [-0.2, 0) is 11.8 Å². The number of anilines is 3. The van der Waals surface area contributed by atoms with Gasteiger partial charge in [0.05, 0.1) is 6.20 Å². The van der Waals surface area contributed by atoms with Crippen LogP contribution < -0.4 is 20.9 Å². The topological polar surface area (TPSA) is 138 Å². The maximum Gasteiger partial charge on any atom is 0.266 e. The van der Waals surface area contributed by atoms with Gasteiger partial charge >= 0.3 is 0 Å². The van der Waals surface area contributed by atoms with Gasteiger partial charge in [-0.3, -0.25) is 14.2 Å². The number of nitrogens with one attached hydrogen (secondary N) is 2. The smallest absolute Gasteiger partial charge is 0.266 e. The summed E-state index contributed by atoms with van der Waals surface area (Å²) in [6.45, 7) is 4.44. The zero-order chi connectivity index (χ0) is 26.6. The first-order chi connectivity index (χ1) is 18.4. The number of aromatic nitrogens is 6. The van der Waals surface area contributed by atoms with Crippen molar-refractivity contribution in [2.24, 2.45) is 7.05 Å². The van der Waals surface area contributed by atoms with Crippen LogP contribution in [0, 0.1) is 13.8 Å². The van der Waals surface area contributed by atoms with Gasteiger partial charge < -0.3 is 20.1 Å². The van der Waals surface area contributed by atoms with Gasteiger partial charge in [-0.15, -0.1) is 0 Å². The fraction of sp³-hybridized carbons (Fsp3) is 0.308. The van der Waals surface area contributed by atoms with E-state index in [4.69, 9.17) is 9.47 Å². The molecule has 1 aliphatic heterocycles. The molecular weight excluding hydrogens is 488 g/mol. The van der Waals surface area contributed by atoms with E-state index < -0.39 is 11.5 Å². The van der Waals surface area contributed by atoms with Crippen LogP contribution in [0.4, 0.5) is 17.5 Å². The third-order valence-corrected chi connectivity index (χ3v) is 6.20. The van der Waals surface area contributed by atoms with Crippen molar-refractivity contribution in [1.29, 1.82) is 0 Å². The van der Waals surface area contributed by atoms with Gasteiger partial charge in [0.2, 0.25) is 0 Å². The molecule has 5 heterocycles. The van der Waals surface area contributed by atoms with Gasteiger partial charge in [-0.05, 0) is 51.3 Å². The Labute approximate surface area is 218 Å². The van der Waals surface area contributed by atoms with E-state index >= 15 is 0 Å². The quantitative estimate of drug-likeness (QED) is 0.375. The second-order valence-corrected chi connectivity index (χ2v) is 8.96. The number of carbonyl (C=O) groups excluding carboxylic acids is 1. The summed E-state index contributed by atoms with van der Waals surface area (Å²) in [6, 6.07) is 8.67. The van der Waals surface area contributed by atoms with Crippen LogP contribution in [0.15, 0.2) is 53.7 Å². The molecule has 0 radical (unpaired) electrons. The van der Waals surface area contributed by atoms with Gasteiger partial charge in [0, 0.05) is 43.9 Å². The first-order valence-electron chi connectivity index (χ1n) is 12.3. The number of hydrogen-bond acceptors (Lipinski definition) is 9. The lowest BCUT2D eigenvalue weighted by atomic mass is 10.2. The predicted octanol–water partition coefficient (Wildman–Crippen LogP) is 3.87. The Morgan fingerprint density at radius 3 is 2.66 bits per heavy atom. The first kappa shape index (κ1) is 25.1. The highest BCUT2D eigenvalue weighted by Gasteiger charge is 2.19. The van der Waals surface area contributed by atoms with Crippen molar-refractivity contribution < 1.29 is 14.3 Å².